The molecular formula is C10H12ClN2OS+. The van der Waals surface area contributed by atoms with Crippen molar-refractivity contribution in [3.63, 3.8) is 0 Å². The predicted octanol–water partition coefficient (Wildman–Crippen LogP) is 2.57. The van der Waals surface area contributed by atoms with E-state index in [1.807, 2.05) is 37.3 Å². The van der Waals surface area contributed by atoms with Gasteiger partial charge < -0.3 is 0 Å². The molecule has 1 aliphatic rings. The molecule has 0 bridgehead atoms. The number of nitrogens with zero attached hydrogens (tertiary/aromatic N) is 2. The molecule has 0 radical (unpaired) electrons. The molecule has 1 heterocycles. The fourth-order valence-electron chi connectivity index (χ4n) is 1.60. The summed E-state index contributed by atoms with van der Waals surface area (Å²) >= 11 is 11.2. The van der Waals surface area contributed by atoms with Gasteiger partial charge in [0.25, 0.3) is 12.4 Å². The third kappa shape index (κ3) is 1.97. The molecule has 2 rings (SSSR count). The molecule has 2 unspecified atom stereocenters. The highest BCUT2D eigenvalue weighted by molar-refractivity contribution is 7.44. The van der Waals surface area contributed by atoms with E-state index in [0.717, 1.165) is 12.0 Å². The zero-order chi connectivity index (χ0) is 10.8. The second kappa shape index (κ2) is 4.43. The average Bonchev–Trinajstić information content (AvgIpc) is 2.55. The van der Waals surface area contributed by atoms with E-state index in [2.05, 4.69) is 0 Å². The van der Waals surface area contributed by atoms with Crippen molar-refractivity contribution in [1.29, 1.82) is 0 Å². The van der Waals surface area contributed by atoms with Gasteiger partial charge in [0.2, 0.25) is 0 Å². The van der Waals surface area contributed by atoms with Gasteiger partial charge in [0.1, 0.15) is 0 Å². The Morgan fingerprint density at radius 3 is 2.67 bits per heavy atom. The van der Waals surface area contributed by atoms with Crippen molar-refractivity contribution >= 4 is 24.2 Å². The van der Waals surface area contributed by atoms with Crippen LogP contribution in [0.2, 0.25) is 0 Å². The van der Waals surface area contributed by atoms with E-state index in [9.17, 15) is 0 Å². The first-order chi connectivity index (χ1) is 7.24. The van der Waals surface area contributed by atoms with Crippen LogP contribution < -0.4 is 0 Å². The molecule has 15 heavy (non-hydrogen) atoms. The zero-order valence-corrected chi connectivity index (χ0v) is 9.91. The lowest BCUT2D eigenvalue weighted by molar-refractivity contribution is -0.773. The van der Waals surface area contributed by atoms with Crippen LogP contribution in [-0.2, 0) is 17.3 Å². The number of benzene rings is 1. The molecule has 1 fully saturated rings. The van der Waals surface area contributed by atoms with Crippen LogP contribution in [-0.4, -0.2) is 14.7 Å². The van der Waals surface area contributed by atoms with E-state index in [4.69, 9.17) is 29.0 Å². The summed E-state index contributed by atoms with van der Waals surface area (Å²) in [5.74, 6) is 0. The number of rotatable bonds is 2. The Balaban J connectivity index is 2.23. The van der Waals surface area contributed by atoms with E-state index in [1.165, 1.54) is 4.11 Å². The predicted molar refractivity (Wildman–Crippen MR) is 59.7 cm³/mol. The third-order valence-corrected chi connectivity index (χ3v) is 3.14. The van der Waals surface area contributed by atoms with Gasteiger partial charge in [-0.2, -0.15) is 0 Å². The van der Waals surface area contributed by atoms with Gasteiger partial charge in [-0.25, -0.2) is 4.84 Å². The highest BCUT2D eigenvalue weighted by Gasteiger charge is 2.46. The maximum Gasteiger partial charge on any atom is 0.322 e. The summed E-state index contributed by atoms with van der Waals surface area (Å²) in [7, 11) is 0. The maximum atomic E-state index is 6.17. The maximum absolute atomic E-state index is 6.17. The van der Waals surface area contributed by atoms with Crippen molar-refractivity contribution in [3.8, 4) is 0 Å². The molecule has 1 saturated heterocycles. The normalized spacial score (nSPS) is 26.7. The van der Waals surface area contributed by atoms with Crippen molar-refractivity contribution in [2.45, 2.75) is 25.7 Å². The summed E-state index contributed by atoms with van der Waals surface area (Å²) in [6.07, 6.45) is 0.498. The summed E-state index contributed by atoms with van der Waals surface area (Å²) in [5, 5.41) is 0. The monoisotopic (exact) mass is 243 g/mol. The van der Waals surface area contributed by atoms with Crippen molar-refractivity contribution in [3.05, 3.63) is 35.9 Å². The lowest BCUT2D eigenvalue weighted by atomic mass is 10.2. The molecule has 1 aliphatic heterocycles. The number of halogens is 1. The molecule has 0 amide bonds. The summed E-state index contributed by atoms with van der Waals surface area (Å²) < 4.78 is 3.02. The highest BCUT2D eigenvalue weighted by Crippen LogP contribution is 2.33. The van der Waals surface area contributed by atoms with Gasteiger partial charge in [0, 0.05) is 12.0 Å². The van der Waals surface area contributed by atoms with E-state index in [0.29, 0.717) is 0 Å². The molecule has 1 aromatic carbocycles. The first kappa shape index (κ1) is 10.8. The van der Waals surface area contributed by atoms with Gasteiger partial charge >= 0.3 is 12.4 Å². The molecule has 0 aromatic heterocycles. The lowest BCUT2D eigenvalue weighted by Crippen LogP contribution is -2.26. The average molecular weight is 244 g/mol. The standard InChI is InChI=1S/C10H12ClN2OS/c1-2-9-12(11)10(14-13(9)15)8-6-4-3-5-7-8/h3-7,9-10H,2H2,1H3/q+1. The molecule has 0 aliphatic carbocycles. The number of hydrogen-bond donors (Lipinski definition) is 0. The van der Waals surface area contributed by atoms with Gasteiger partial charge in [-0.05, 0) is 11.8 Å². The van der Waals surface area contributed by atoms with Crippen LogP contribution in [0.4, 0.5) is 0 Å². The smallest absolute Gasteiger partial charge is 0.235 e. The Morgan fingerprint density at radius 1 is 1.47 bits per heavy atom. The van der Waals surface area contributed by atoms with Crippen molar-refractivity contribution in [1.82, 2.24) is 4.42 Å². The second-order valence-electron chi connectivity index (χ2n) is 3.39. The van der Waals surface area contributed by atoms with E-state index in [1.54, 1.807) is 4.42 Å². The minimum atomic E-state index is -0.282. The third-order valence-electron chi connectivity index (χ3n) is 2.41. The second-order valence-corrected chi connectivity index (χ2v) is 4.14. The van der Waals surface area contributed by atoms with Crippen LogP contribution in [0.15, 0.2) is 30.3 Å². The molecule has 0 spiro atoms. The largest absolute Gasteiger partial charge is 0.322 e. The Morgan fingerprint density at radius 2 is 2.13 bits per heavy atom. The van der Waals surface area contributed by atoms with E-state index < -0.39 is 0 Å². The highest BCUT2D eigenvalue weighted by atomic mass is 35.5. The van der Waals surface area contributed by atoms with Crippen LogP contribution in [0.5, 0.6) is 0 Å². The minimum absolute atomic E-state index is 0.0492. The van der Waals surface area contributed by atoms with Gasteiger partial charge in [0.15, 0.2) is 0 Å². The summed E-state index contributed by atoms with van der Waals surface area (Å²) in [4.78, 5) is 5.51. The van der Waals surface area contributed by atoms with Gasteiger partial charge in [-0.3, -0.25) is 0 Å². The quantitative estimate of drug-likeness (QED) is 0.587. The number of hydroxylamine groups is 1. The Bertz CT molecular complexity index is 360. The molecule has 2 atom stereocenters. The van der Waals surface area contributed by atoms with Crippen LogP contribution in [0.25, 0.3) is 0 Å². The van der Waals surface area contributed by atoms with Crippen LogP contribution in [0, 0.1) is 0 Å². The van der Waals surface area contributed by atoms with E-state index >= 15 is 0 Å². The SMILES string of the molecule is CCC1N(Cl)C(c2ccccc2)O[N+]1=S. The Kier molecular flexibility index (Phi) is 3.19. The fourth-order valence-corrected chi connectivity index (χ4v) is 2.35. The summed E-state index contributed by atoms with van der Waals surface area (Å²) in [6.45, 7) is 2.02. The lowest BCUT2D eigenvalue weighted by Gasteiger charge is -2.10. The van der Waals surface area contributed by atoms with Gasteiger partial charge in [-0.15, -0.1) is 4.42 Å². The molecule has 0 N–H and O–H groups in total. The molecule has 0 saturated carbocycles. The molecular weight excluding hydrogens is 232 g/mol. The molecule has 5 heteroatoms. The van der Waals surface area contributed by atoms with Crippen molar-refractivity contribution in [2.75, 3.05) is 0 Å². The first-order valence-corrected chi connectivity index (χ1v) is 5.56. The summed E-state index contributed by atoms with van der Waals surface area (Å²) in [5.41, 5.74) is 1.01. The van der Waals surface area contributed by atoms with Crippen LogP contribution >= 0.6 is 11.8 Å². The van der Waals surface area contributed by atoms with Crippen molar-refractivity contribution in [2.24, 2.45) is 0 Å². The molecule has 1 aromatic rings. The number of hydrogen-bond acceptors (Lipinski definition) is 3. The fraction of sp³-hybridized carbons (Fsp3) is 0.400. The minimum Gasteiger partial charge on any atom is -0.235 e. The first-order valence-electron chi connectivity index (χ1n) is 4.86. The molecule has 3 nitrogen and oxygen atoms in total. The summed E-state index contributed by atoms with van der Waals surface area (Å²) in [6, 6.07) is 9.81. The van der Waals surface area contributed by atoms with Crippen LogP contribution in [0.1, 0.15) is 25.1 Å². The zero-order valence-electron chi connectivity index (χ0n) is 8.34. The van der Waals surface area contributed by atoms with Gasteiger partial charge in [0.05, 0.1) is 4.11 Å². The van der Waals surface area contributed by atoms with Crippen molar-refractivity contribution < 1.29 is 8.95 Å². The topological polar surface area (TPSA) is 15.5 Å². The van der Waals surface area contributed by atoms with E-state index in [-0.39, 0.29) is 12.4 Å². The van der Waals surface area contributed by atoms with Crippen LogP contribution in [0.3, 0.4) is 0 Å². The molecule has 80 valence electrons. The van der Waals surface area contributed by atoms with Gasteiger partial charge in [-0.1, -0.05) is 37.3 Å². The Labute approximate surface area is 99.4 Å². The Hall–Kier alpha value is -0.710.